The molecule has 0 saturated heterocycles. The van der Waals surface area contributed by atoms with Crippen molar-refractivity contribution in [2.75, 3.05) is 23.3 Å². The van der Waals surface area contributed by atoms with Crippen molar-refractivity contribution in [3.63, 3.8) is 0 Å². The van der Waals surface area contributed by atoms with E-state index in [2.05, 4.69) is 51.0 Å². The Kier molecular flexibility index (Phi) is 4.43. The van der Waals surface area contributed by atoms with Crippen LogP contribution in [0.1, 0.15) is 12.0 Å². The van der Waals surface area contributed by atoms with Crippen LogP contribution in [0.25, 0.3) is 0 Å². The molecule has 0 aromatic heterocycles. The topological polar surface area (TPSA) is 32.3 Å². The molecule has 2 aromatic carbocycles. The lowest BCUT2D eigenvalue weighted by atomic mass is 10.0. The number of anilines is 2. The van der Waals surface area contributed by atoms with Gasteiger partial charge in [-0.05, 0) is 71.3 Å². The van der Waals surface area contributed by atoms with E-state index >= 15 is 0 Å². The number of fused-ring (bicyclic) bond motifs is 1. The van der Waals surface area contributed by atoms with E-state index in [4.69, 9.17) is 0 Å². The Hall–Kier alpha value is -1.56. The number of carbonyl (C=O) groups excluding carboxylic acids is 1. The lowest BCUT2D eigenvalue weighted by Crippen LogP contribution is -2.36. The Labute approximate surface area is 138 Å². The highest BCUT2D eigenvalue weighted by Crippen LogP contribution is 2.26. The molecule has 0 atom stereocenters. The van der Waals surface area contributed by atoms with Crippen LogP contribution in [0.15, 0.2) is 48.5 Å². The molecule has 1 aliphatic rings. The maximum absolute atomic E-state index is 12.2. The second kappa shape index (κ2) is 6.47. The molecule has 108 valence electrons. The number of rotatable bonds is 3. The fraction of sp³-hybridized carbons (Fsp3) is 0.235. The summed E-state index contributed by atoms with van der Waals surface area (Å²) in [5.41, 5.74) is 3.39. The fourth-order valence-corrected chi connectivity index (χ4v) is 3.04. The number of amides is 1. The molecule has 4 heteroatoms. The minimum absolute atomic E-state index is 0.0351. The molecule has 3 nitrogen and oxygen atoms in total. The third-order valence-corrected chi connectivity index (χ3v) is 4.39. The zero-order valence-corrected chi connectivity index (χ0v) is 13.8. The van der Waals surface area contributed by atoms with Crippen LogP contribution in [0.3, 0.4) is 0 Å². The normalized spacial score (nSPS) is 13.7. The van der Waals surface area contributed by atoms with Crippen molar-refractivity contribution in [3.05, 3.63) is 57.7 Å². The minimum Gasteiger partial charge on any atom is -0.362 e. The zero-order valence-electron chi connectivity index (χ0n) is 11.7. The van der Waals surface area contributed by atoms with Crippen molar-refractivity contribution in [1.29, 1.82) is 0 Å². The minimum atomic E-state index is 0.0351. The monoisotopic (exact) mass is 392 g/mol. The maximum atomic E-state index is 12.2. The van der Waals surface area contributed by atoms with E-state index in [0.29, 0.717) is 6.54 Å². The van der Waals surface area contributed by atoms with Gasteiger partial charge in [0.2, 0.25) is 5.91 Å². The van der Waals surface area contributed by atoms with Crippen LogP contribution in [-0.2, 0) is 11.2 Å². The largest absolute Gasteiger partial charge is 0.362 e. The molecule has 1 aliphatic heterocycles. The Morgan fingerprint density at radius 3 is 2.71 bits per heavy atom. The molecule has 0 fully saturated rings. The number of benzene rings is 2. The smallest absolute Gasteiger partial charge is 0.243 e. The summed E-state index contributed by atoms with van der Waals surface area (Å²) in [5, 5.41) is 2.96. The van der Waals surface area contributed by atoms with E-state index in [9.17, 15) is 4.79 Å². The highest BCUT2D eigenvalue weighted by atomic mass is 127. The Balaban J connectivity index is 1.67. The van der Waals surface area contributed by atoms with E-state index in [0.717, 1.165) is 28.6 Å². The van der Waals surface area contributed by atoms with Gasteiger partial charge in [-0.25, -0.2) is 0 Å². The van der Waals surface area contributed by atoms with Crippen LogP contribution in [-0.4, -0.2) is 19.0 Å². The van der Waals surface area contributed by atoms with E-state index in [1.54, 1.807) is 0 Å². The molecule has 21 heavy (non-hydrogen) atoms. The number of carbonyl (C=O) groups is 1. The first-order valence-electron chi connectivity index (χ1n) is 7.10. The van der Waals surface area contributed by atoms with Gasteiger partial charge < -0.3 is 10.2 Å². The van der Waals surface area contributed by atoms with Gasteiger partial charge in [-0.15, -0.1) is 0 Å². The number of hydrogen-bond acceptors (Lipinski definition) is 2. The quantitative estimate of drug-likeness (QED) is 0.809. The molecular weight excluding hydrogens is 375 g/mol. The predicted octanol–water partition coefficient (Wildman–Crippen LogP) is 3.68. The highest BCUT2D eigenvalue weighted by Gasteiger charge is 2.18. The number of para-hydroxylation sites is 1. The van der Waals surface area contributed by atoms with Crippen molar-refractivity contribution in [2.24, 2.45) is 0 Å². The van der Waals surface area contributed by atoms with E-state index in [1.165, 1.54) is 11.3 Å². The molecule has 0 bridgehead atoms. The van der Waals surface area contributed by atoms with Crippen LogP contribution in [0.2, 0.25) is 0 Å². The van der Waals surface area contributed by atoms with Crippen LogP contribution in [0, 0.1) is 3.57 Å². The molecule has 0 saturated carbocycles. The molecule has 3 rings (SSSR count). The maximum Gasteiger partial charge on any atom is 0.243 e. The summed E-state index contributed by atoms with van der Waals surface area (Å²) in [6.45, 7) is 1.35. The third-order valence-electron chi connectivity index (χ3n) is 3.67. The molecule has 0 radical (unpaired) electrons. The van der Waals surface area contributed by atoms with Crippen molar-refractivity contribution in [3.8, 4) is 0 Å². The summed E-state index contributed by atoms with van der Waals surface area (Å²) in [4.78, 5) is 14.4. The van der Waals surface area contributed by atoms with Gasteiger partial charge in [-0.3, -0.25) is 4.79 Å². The number of halogens is 1. The van der Waals surface area contributed by atoms with Crippen molar-refractivity contribution in [2.45, 2.75) is 12.8 Å². The van der Waals surface area contributed by atoms with Gasteiger partial charge >= 0.3 is 0 Å². The van der Waals surface area contributed by atoms with Gasteiger partial charge in [0.15, 0.2) is 0 Å². The van der Waals surface area contributed by atoms with Gasteiger partial charge in [-0.2, -0.15) is 0 Å². The summed E-state index contributed by atoms with van der Waals surface area (Å²) in [6.07, 6.45) is 2.21. The molecular formula is C17H17IN2O. The molecule has 1 amide bonds. The van der Waals surface area contributed by atoms with E-state index in [1.807, 2.05) is 30.3 Å². The Morgan fingerprint density at radius 2 is 1.90 bits per heavy atom. The van der Waals surface area contributed by atoms with Crippen LogP contribution in [0.5, 0.6) is 0 Å². The summed E-state index contributed by atoms with van der Waals surface area (Å²) < 4.78 is 1.16. The first kappa shape index (κ1) is 14.4. The number of nitrogens with one attached hydrogen (secondary N) is 1. The summed E-state index contributed by atoms with van der Waals surface area (Å²) in [5.74, 6) is 0.0351. The molecule has 0 unspecified atom stereocenters. The molecule has 0 aliphatic carbocycles. The number of hydrogen-bond donors (Lipinski definition) is 1. The van der Waals surface area contributed by atoms with Crippen molar-refractivity contribution < 1.29 is 4.79 Å². The average molecular weight is 392 g/mol. The Bertz CT molecular complexity index is 639. The van der Waals surface area contributed by atoms with E-state index in [-0.39, 0.29) is 5.91 Å². The third kappa shape index (κ3) is 3.56. The lowest BCUT2D eigenvalue weighted by molar-refractivity contribution is -0.115. The predicted molar refractivity (Wildman–Crippen MR) is 94.8 cm³/mol. The Morgan fingerprint density at radius 1 is 1.14 bits per heavy atom. The van der Waals surface area contributed by atoms with Crippen molar-refractivity contribution >= 4 is 39.9 Å². The van der Waals surface area contributed by atoms with Gasteiger partial charge in [-0.1, -0.05) is 18.2 Å². The standard InChI is InChI=1S/C17H17IN2O/c18-14-7-9-15(10-8-14)19-17(21)12-20-11-3-5-13-4-1-2-6-16(13)20/h1-2,4,6-10H,3,5,11-12H2,(H,19,21). The fourth-order valence-electron chi connectivity index (χ4n) is 2.68. The first-order chi connectivity index (χ1) is 10.2. The van der Waals surface area contributed by atoms with Gasteiger partial charge in [0.1, 0.15) is 0 Å². The summed E-state index contributed by atoms with van der Waals surface area (Å²) in [6, 6.07) is 16.2. The summed E-state index contributed by atoms with van der Waals surface area (Å²) in [7, 11) is 0. The second-order valence-electron chi connectivity index (χ2n) is 5.21. The van der Waals surface area contributed by atoms with Crippen molar-refractivity contribution in [1.82, 2.24) is 0 Å². The number of nitrogens with zero attached hydrogens (tertiary/aromatic N) is 1. The van der Waals surface area contributed by atoms with E-state index < -0.39 is 0 Å². The molecule has 1 N–H and O–H groups in total. The zero-order chi connectivity index (χ0) is 14.7. The van der Waals surface area contributed by atoms with Crippen LogP contribution in [0.4, 0.5) is 11.4 Å². The average Bonchev–Trinajstić information content (AvgIpc) is 2.50. The van der Waals surface area contributed by atoms with Gasteiger partial charge in [0.25, 0.3) is 0 Å². The summed E-state index contributed by atoms with van der Waals surface area (Å²) >= 11 is 2.25. The lowest BCUT2D eigenvalue weighted by Gasteiger charge is -2.30. The van der Waals surface area contributed by atoms with Gasteiger partial charge in [0.05, 0.1) is 6.54 Å². The van der Waals surface area contributed by atoms with Crippen LogP contribution >= 0.6 is 22.6 Å². The second-order valence-corrected chi connectivity index (χ2v) is 6.45. The first-order valence-corrected chi connectivity index (χ1v) is 8.18. The van der Waals surface area contributed by atoms with Crippen LogP contribution < -0.4 is 10.2 Å². The SMILES string of the molecule is O=C(CN1CCCc2ccccc21)Nc1ccc(I)cc1. The molecule has 0 spiro atoms. The number of aryl methyl sites for hydroxylation is 1. The highest BCUT2D eigenvalue weighted by molar-refractivity contribution is 14.1. The van der Waals surface area contributed by atoms with Gasteiger partial charge in [0, 0.05) is 21.5 Å². The molecule has 2 aromatic rings. The molecule has 1 heterocycles.